The number of unbranched alkanes of at least 4 members (excludes halogenated alkanes) is 1. The first-order chi connectivity index (χ1) is 19.8. The zero-order valence-corrected chi connectivity index (χ0v) is 27.3. The highest BCUT2D eigenvalue weighted by molar-refractivity contribution is 5.95. The van der Waals surface area contributed by atoms with Gasteiger partial charge in [0.15, 0.2) is 0 Å². The number of nitrogens with one attached hydrogen (secondary N) is 5. The second-order valence-electron chi connectivity index (χ2n) is 13.1. The van der Waals surface area contributed by atoms with Gasteiger partial charge in [-0.25, -0.2) is 0 Å². The lowest BCUT2D eigenvalue weighted by Crippen LogP contribution is -2.58. The number of carbonyl (C=O) groups is 5. The Morgan fingerprint density at radius 2 is 1.43 bits per heavy atom. The lowest BCUT2D eigenvalue weighted by Gasteiger charge is -2.28. The number of hydrogen-bond donors (Lipinski definition) is 5. The van der Waals surface area contributed by atoms with Crippen molar-refractivity contribution in [3.8, 4) is 0 Å². The molecule has 0 heterocycles. The third-order valence-electron chi connectivity index (χ3n) is 7.93. The Kier molecular flexibility index (Phi) is 17.4. The van der Waals surface area contributed by atoms with E-state index in [9.17, 15) is 24.0 Å². The predicted molar refractivity (Wildman–Crippen MR) is 166 cm³/mol. The van der Waals surface area contributed by atoms with Gasteiger partial charge in [-0.2, -0.15) is 0 Å². The molecule has 1 fully saturated rings. The minimum atomic E-state index is -1.30. The minimum Gasteiger partial charge on any atom is -0.352 e. The number of hydrogen-bond acceptors (Lipinski definition) is 5. The highest BCUT2D eigenvalue weighted by atomic mass is 16.2. The molecule has 0 bridgehead atoms. The van der Waals surface area contributed by atoms with E-state index in [-0.39, 0.29) is 42.8 Å². The van der Waals surface area contributed by atoms with Crippen molar-refractivity contribution in [2.75, 3.05) is 13.1 Å². The van der Waals surface area contributed by atoms with Crippen molar-refractivity contribution >= 4 is 29.5 Å². The van der Waals surface area contributed by atoms with Crippen LogP contribution in [0.15, 0.2) is 0 Å². The summed E-state index contributed by atoms with van der Waals surface area (Å²) in [5, 5.41) is 13.8. The summed E-state index contributed by atoms with van der Waals surface area (Å²) in [7, 11) is 0. The molecule has 0 aromatic carbocycles. The third kappa shape index (κ3) is 15.0. The fraction of sp³-hybridized carbons (Fsp3) is 0.844. The van der Waals surface area contributed by atoms with E-state index in [0.29, 0.717) is 18.3 Å². The lowest BCUT2D eigenvalue weighted by molar-refractivity contribution is -0.134. The monoisotopic (exact) mass is 593 g/mol. The standard InChI is InChI=1S/C32H59N5O5/c1-8-10-17-25(14-9-2)29(40)36-26(19-24-15-12-11-13-16-24)30(41)33-21-28(39)37-32(6,7)31(42)34-20-27(38)35-23(5)18-22(3)4/h22-26H,8-21H2,1-7H3,(H,33,41)(H,34,42)(H,35,38)(H,36,40)(H,37,39)/t23?,25-,26?/m0/s1. The van der Waals surface area contributed by atoms with Gasteiger partial charge in [0, 0.05) is 12.0 Å². The summed E-state index contributed by atoms with van der Waals surface area (Å²) in [6.45, 7) is 12.8. The smallest absolute Gasteiger partial charge is 0.245 e. The van der Waals surface area contributed by atoms with Crippen LogP contribution in [0.2, 0.25) is 0 Å². The maximum atomic E-state index is 13.3. The van der Waals surface area contributed by atoms with E-state index in [2.05, 4.69) is 54.3 Å². The van der Waals surface area contributed by atoms with Crippen molar-refractivity contribution in [3.63, 3.8) is 0 Å². The Labute approximate surface area is 254 Å². The van der Waals surface area contributed by atoms with E-state index in [1.54, 1.807) is 0 Å². The van der Waals surface area contributed by atoms with Crippen LogP contribution >= 0.6 is 0 Å². The van der Waals surface area contributed by atoms with Gasteiger partial charge in [-0.05, 0) is 58.3 Å². The number of amides is 5. The maximum Gasteiger partial charge on any atom is 0.245 e. The zero-order valence-electron chi connectivity index (χ0n) is 27.3. The van der Waals surface area contributed by atoms with Gasteiger partial charge in [0.05, 0.1) is 13.1 Å². The molecular weight excluding hydrogens is 534 g/mol. The zero-order chi connectivity index (χ0) is 31.7. The van der Waals surface area contributed by atoms with Crippen LogP contribution in [0.3, 0.4) is 0 Å². The summed E-state index contributed by atoms with van der Waals surface area (Å²) in [6.07, 6.45) is 11.3. The van der Waals surface area contributed by atoms with Gasteiger partial charge in [0.2, 0.25) is 29.5 Å². The van der Waals surface area contributed by atoms with Crippen LogP contribution in [0.1, 0.15) is 126 Å². The molecule has 1 aliphatic carbocycles. The molecule has 0 saturated heterocycles. The second kappa shape index (κ2) is 19.5. The summed E-state index contributed by atoms with van der Waals surface area (Å²) >= 11 is 0. The average Bonchev–Trinajstić information content (AvgIpc) is 2.91. The largest absolute Gasteiger partial charge is 0.352 e. The molecule has 1 saturated carbocycles. The van der Waals surface area contributed by atoms with Crippen LogP contribution in [-0.2, 0) is 24.0 Å². The Morgan fingerprint density at radius 1 is 0.786 bits per heavy atom. The van der Waals surface area contributed by atoms with Crippen LogP contribution in [-0.4, -0.2) is 60.2 Å². The fourth-order valence-corrected chi connectivity index (χ4v) is 5.70. The first kappa shape index (κ1) is 37.4. The number of rotatable bonds is 19. The molecule has 0 aromatic heterocycles. The summed E-state index contributed by atoms with van der Waals surface area (Å²) < 4.78 is 0. The van der Waals surface area contributed by atoms with Crippen LogP contribution in [0, 0.1) is 17.8 Å². The molecule has 0 radical (unpaired) electrons. The van der Waals surface area contributed by atoms with Gasteiger partial charge >= 0.3 is 0 Å². The van der Waals surface area contributed by atoms with E-state index in [1.165, 1.54) is 20.3 Å². The SMILES string of the molecule is CCCC[C@H](CCC)C(=O)NC(CC1CCCCC1)C(=O)NCC(=O)NC(C)(C)C(=O)NCC(=O)NC(C)CC(C)C. The van der Waals surface area contributed by atoms with Crippen molar-refractivity contribution < 1.29 is 24.0 Å². The average molecular weight is 594 g/mol. The third-order valence-corrected chi connectivity index (χ3v) is 7.93. The molecule has 42 heavy (non-hydrogen) atoms. The van der Waals surface area contributed by atoms with Crippen molar-refractivity contribution in [1.82, 2.24) is 26.6 Å². The molecule has 1 rings (SSSR count). The molecule has 5 N–H and O–H groups in total. The van der Waals surface area contributed by atoms with Crippen LogP contribution in [0.25, 0.3) is 0 Å². The topological polar surface area (TPSA) is 146 Å². The molecular formula is C32H59N5O5. The number of carbonyl (C=O) groups excluding carboxylic acids is 5. The first-order valence-electron chi connectivity index (χ1n) is 16.3. The summed E-state index contributed by atoms with van der Waals surface area (Å²) in [4.78, 5) is 64.0. The van der Waals surface area contributed by atoms with E-state index in [1.807, 2.05) is 6.92 Å². The molecule has 0 aromatic rings. The highest BCUT2D eigenvalue weighted by Crippen LogP contribution is 2.27. The minimum absolute atomic E-state index is 0.00804. The van der Waals surface area contributed by atoms with Crippen LogP contribution in [0.5, 0.6) is 0 Å². The van der Waals surface area contributed by atoms with Crippen molar-refractivity contribution in [2.45, 2.75) is 143 Å². The normalized spacial score (nSPS) is 16.2. The van der Waals surface area contributed by atoms with Crippen LogP contribution in [0.4, 0.5) is 0 Å². The Balaban J connectivity index is 2.70. The fourth-order valence-electron chi connectivity index (χ4n) is 5.70. The Bertz CT molecular complexity index is 869. The molecule has 0 aliphatic heterocycles. The second-order valence-corrected chi connectivity index (χ2v) is 13.1. The quantitative estimate of drug-likeness (QED) is 0.155. The molecule has 10 nitrogen and oxygen atoms in total. The van der Waals surface area contributed by atoms with Gasteiger partial charge in [0.1, 0.15) is 11.6 Å². The van der Waals surface area contributed by atoms with E-state index >= 15 is 0 Å². The molecule has 3 atom stereocenters. The Hall–Kier alpha value is -2.65. The maximum absolute atomic E-state index is 13.3. The van der Waals surface area contributed by atoms with E-state index in [0.717, 1.165) is 64.2 Å². The lowest BCUT2D eigenvalue weighted by atomic mass is 9.84. The summed E-state index contributed by atoms with van der Waals surface area (Å²) in [6, 6.07) is -0.714. The van der Waals surface area contributed by atoms with Crippen molar-refractivity contribution in [1.29, 1.82) is 0 Å². The van der Waals surface area contributed by atoms with E-state index in [4.69, 9.17) is 0 Å². The molecule has 5 amide bonds. The summed E-state index contributed by atoms with van der Waals surface area (Å²) in [5.74, 6) is -1.15. The van der Waals surface area contributed by atoms with Crippen LogP contribution < -0.4 is 26.6 Å². The molecule has 242 valence electrons. The molecule has 10 heteroatoms. The van der Waals surface area contributed by atoms with Crippen molar-refractivity contribution in [3.05, 3.63) is 0 Å². The van der Waals surface area contributed by atoms with Crippen molar-refractivity contribution in [2.24, 2.45) is 17.8 Å². The summed E-state index contributed by atoms with van der Waals surface area (Å²) in [5.41, 5.74) is -1.30. The highest BCUT2D eigenvalue weighted by Gasteiger charge is 2.31. The van der Waals surface area contributed by atoms with Gasteiger partial charge < -0.3 is 26.6 Å². The Morgan fingerprint density at radius 3 is 2.02 bits per heavy atom. The van der Waals surface area contributed by atoms with Gasteiger partial charge in [-0.3, -0.25) is 24.0 Å². The predicted octanol–water partition coefficient (Wildman–Crippen LogP) is 3.73. The van der Waals surface area contributed by atoms with Gasteiger partial charge in [-0.1, -0.05) is 79.1 Å². The molecule has 2 unspecified atom stereocenters. The van der Waals surface area contributed by atoms with E-state index < -0.39 is 23.4 Å². The molecule has 0 spiro atoms. The van der Waals surface area contributed by atoms with Gasteiger partial charge in [0.25, 0.3) is 0 Å². The first-order valence-corrected chi connectivity index (χ1v) is 16.3. The molecule has 1 aliphatic rings. The van der Waals surface area contributed by atoms with Gasteiger partial charge in [-0.15, -0.1) is 0 Å².